The predicted molar refractivity (Wildman–Crippen MR) is 92.7 cm³/mol. The van der Waals surface area contributed by atoms with Gasteiger partial charge in [-0.1, -0.05) is 47.5 Å². The van der Waals surface area contributed by atoms with Crippen LogP contribution < -0.4 is 10.2 Å². The molecule has 3 rings (SSSR count). The van der Waals surface area contributed by atoms with E-state index in [9.17, 15) is 0 Å². The molecule has 1 aliphatic heterocycles. The summed E-state index contributed by atoms with van der Waals surface area (Å²) in [6.07, 6.45) is 2.82. The van der Waals surface area contributed by atoms with Crippen LogP contribution in [0.5, 0.6) is 5.75 Å². The van der Waals surface area contributed by atoms with Gasteiger partial charge in [0.25, 0.3) is 0 Å². The molecule has 0 saturated carbocycles. The van der Waals surface area contributed by atoms with Gasteiger partial charge >= 0.3 is 0 Å². The lowest BCUT2D eigenvalue weighted by Crippen LogP contribution is -2.14. The van der Waals surface area contributed by atoms with Gasteiger partial charge < -0.3 is 4.74 Å². The summed E-state index contributed by atoms with van der Waals surface area (Å²) in [7, 11) is 0. The Labute approximate surface area is 145 Å². The molecular formula is C18H17Cl2NO2. The molecule has 3 nitrogen and oxygen atoms in total. The van der Waals surface area contributed by atoms with Crippen molar-refractivity contribution in [3.05, 3.63) is 75.4 Å². The minimum atomic E-state index is 0.0128. The molecule has 0 fully saturated rings. The molecule has 1 atom stereocenters. The Morgan fingerprint density at radius 1 is 1.13 bits per heavy atom. The summed E-state index contributed by atoms with van der Waals surface area (Å²) in [6, 6.07) is 13.4. The van der Waals surface area contributed by atoms with Crippen molar-refractivity contribution in [1.82, 2.24) is 5.48 Å². The number of halogens is 2. The van der Waals surface area contributed by atoms with Gasteiger partial charge in [0, 0.05) is 27.7 Å². The van der Waals surface area contributed by atoms with E-state index in [4.69, 9.17) is 32.8 Å². The number of hydroxylamine groups is 1. The molecular weight excluding hydrogens is 333 g/mol. The highest BCUT2D eigenvalue weighted by Crippen LogP contribution is 2.26. The molecule has 2 aromatic carbocycles. The third-order valence-electron chi connectivity index (χ3n) is 3.60. The number of allylic oxidation sites excluding steroid dienone is 1. The molecule has 0 aromatic heterocycles. The number of rotatable bonds is 5. The lowest BCUT2D eigenvalue weighted by molar-refractivity contribution is 0.0427. The van der Waals surface area contributed by atoms with E-state index in [0.29, 0.717) is 16.7 Å². The third-order valence-corrected chi connectivity index (χ3v) is 4.19. The zero-order valence-electron chi connectivity index (χ0n) is 12.7. The van der Waals surface area contributed by atoms with Gasteiger partial charge in [-0.25, -0.2) is 0 Å². The van der Waals surface area contributed by atoms with Crippen LogP contribution in [0.15, 0.2) is 54.2 Å². The van der Waals surface area contributed by atoms with E-state index in [1.165, 1.54) is 0 Å². The van der Waals surface area contributed by atoms with E-state index in [-0.39, 0.29) is 6.10 Å². The van der Waals surface area contributed by atoms with Crippen LogP contribution in [0.25, 0.3) is 0 Å². The molecule has 1 aliphatic rings. The van der Waals surface area contributed by atoms with Gasteiger partial charge in [-0.15, -0.1) is 0 Å². The van der Waals surface area contributed by atoms with Crippen molar-refractivity contribution in [2.24, 2.45) is 0 Å². The van der Waals surface area contributed by atoms with Crippen molar-refractivity contribution < 1.29 is 9.57 Å². The van der Waals surface area contributed by atoms with Gasteiger partial charge in [0.1, 0.15) is 18.5 Å². The average Bonchev–Trinajstić information content (AvgIpc) is 2.93. The molecule has 23 heavy (non-hydrogen) atoms. The molecule has 0 spiro atoms. The van der Waals surface area contributed by atoms with Crippen molar-refractivity contribution in [3.63, 3.8) is 0 Å². The molecule has 1 heterocycles. The van der Waals surface area contributed by atoms with Crippen LogP contribution >= 0.6 is 23.2 Å². The molecule has 5 heteroatoms. The standard InChI is InChI=1S/C18H17Cl2NO2/c1-12-8-16(23-21-12)9-13-4-2-3-5-18(13)22-11-14-6-7-15(19)10-17(14)20/h2-8,10,16,21H,9,11H2,1H3/t16-/m0/s1. The summed E-state index contributed by atoms with van der Waals surface area (Å²) in [4.78, 5) is 5.49. The summed E-state index contributed by atoms with van der Waals surface area (Å²) >= 11 is 12.1. The zero-order valence-corrected chi connectivity index (χ0v) is 14.2. The van der Waals surface area contributed by atoms with Crippen molar-refractivity contribution in [2.75, 3.05) is 0 Å². The largest absolute Gasteiger partial charge is 0.489 e. The lowest BCUT2D eigenvalue weighted by atomic mass is 10.1. The Morgan fingerprint density at radius 2 is 1.96 bits per heavy atom. The summed E-state index contributed by atoms with van der Waals surface area (Å²) < 4.78 is 5.96. The maximum Gasteiger partial charge on any atom is 0.123 e. The van der Waals surface area contributed by atoms with Gasteiger partial charge in [0.05, 0.1) is 0 Å². The van der Waals surface area contributed by atoms with Crippen molar-refractivity contribution >= 4 is 23.2 Å². The van der Waals surface area contributed by atoms with E-state index < -0.39 is 0 Å². The topological polar surface area (TPSA) is 30.5 Å². The highest BCUT2D eigenvalue weighted by Gasteiger charge is 2.16. The van der Waals surface area contributed by atoms with Crippen LogP contribution in [0, 0.1) is 0 Å². The van der Waals surface area contributed by atoms with Crippen LogP contribution in [-0.4, -0.2) is 6.10 Å². The quantitative estimate of drug-likeness (QED) is 0.830. The minimum absolute atomic E-state index is 0.0128. The second kappa shape index (κ2) is 7.26. The Morgan fingerprint density at radius 3 is 2.70 bits per heavy atom. The molecule has 2 aromatic rings. The molecule has 0 radical (unpaired) electrons. The zero-order chi connectivity index (χ0) is 16.2. The van der Waals surface area contributed by atoms with Gasteiger partial charge in [0.2, 0.25) is 0 Å². The van der Waals surface area contributed by atoms with Gasteiger partial charge in [-0.2, -0.15) is 0 Å². The second-order valence-corrected chi connectivity index (χ2v) is 6.29. The molecule has 0 saturated heterocycles. The van der Waals surface area contributed by atoms with E-state index in [0.717, 1.165) is 29.0 Å². The summed E-state index contributed by atoms with van der Waals surface area (Å²) in [5.41, 5.74) is 5.90. The highest BCUT2D eigenvalue weighted by atomic mass is 35.5. The van der Waals surface area contributed by atoms with Crippen LogP contribution in [0.1, 0.15) is 18.1 Å². The third kappa shape index (κ3) is 4.20. The highest BCUT2D eigenvalue weighted by molar-refractivity contribution is 6.35. The van der Waals surface area contributed by atoms with Crippen LogP contribution in [-0.2, 0) is 17.9 Å². The molecule has 0 amide bonds. The Kier molecular flexibility index (Phi) is 5.11. The molecule has 0 unspecified atom stereocenters. The normalized spacial score (nSPS) is 16.8. The van der Waals surface area contributed by atoms with Gasteiger partial charge in [-0.3, -0.25) is 10.3 Å². The Hall–Kier alpha value is -1.68. The fourth-order valence-electron chi connectivity index (χ4n) is 2.44. The first-order chi connectivity index (χ1) is 11.1. The first-order valence-corrected chi connectivity index (χ1v) is 8.12. The smallest absolute Gasteiger partial charge is 0.123 e. The monoisotopic (exact) mass is 349 g/mol. The van der Waals surface area contributed by atoms with Crippen LogP contribution in [0.3, 0.4) is 0 Å². The maximum absolute atomic E-state index is 6.19. The molecule has 120 valence electrons. The van der Waals surface area contributed by atoms with E-state index in [1.54, 1.807) is 6.07 Å². The van der Waals surface area contributed by atoms with Gasteiger partial charge in [0.15, 0.2) is 0 Å². The Bertz CT molecular complexity index is 731. The van der Waals surface area contributed by atoms with E-state index in [1.807, 2.05) is 43.3 Å². The lowest BCUT2D eigenvalue weighted by Gasteiger charge is -2.14. The SMILES string of the molecule is CC1=C[C@@H](Cc2ccccc2OCc2ccc(Cl)cc2Cl)ON1. The van der Waals surface area contributed by atoms with E-state index >= 15 is 0 Å². The number of nitrogens with one attached hydrogen (secondary N) is 1. The first-order valence-electron chi connectivity index (χ1n) is 7.36. The van der Waals surface area contributed by atoms with E-state index in [2.05, 4.69) is 11.6 Å². The predicted octanol–water partition coefficient (Wildman–Crippen LogP) is 4.92. The van der Waals surface area contributed by atoms with Crippen molar-refractivity contribution in [1.29, 1.82) is 0 Å². The molecule has 0 aliphatic carbocycles. The summed E-state index contributed by atoms with van der Waals surface area (Å²) in [5.74, 6) is 0.833. The molecule has 0 bridgehead atoms. The minimum Gasteiger partial charge on any atom is -0.489 e. The second-order valence-electron chi connectivity index (χ2n) is 5.44. The number of benzene rings is 2. The average molecular weight is 350 g/mol. The van der Waals surface area contributed by atoms with Crippen molar-refractivity contribution in [3.8, 4) is 5.75 Å². The fraction of sp³-hybridized carbons (Fsp3) is 0.222. The van der Waals surface area contributed by atoms with Crippen molar-refractivity contribution in [2.45, 2.75) is 26.1 Å². The fourth-order valence-corrected chi connectivity index (χ4v) is 2.90. The Balaban J connectivity index is 1.70. The number of hydrogen-bond donors (Lipinski definition) is 1. The van der Waals surface area contributed by atoms with Gasteiger partial charge in [-0.05, 0) is 36.8 Å². The van der Waals surface area contributed by atoms with Crippen LogP contribution in [0.2, 0.25) is 10.0 Å². The first kappa shape index (κ1) is 16.2. The number of para-hydroxylation sites is 1. The number of hydrogen-bond acceptors (Lipinski definition) is 3. The summed E-state index contributed by atoms with van der Waals surface area (Å²) in [5, 5.41) is 1.23. The summed E-state index contributed by atoms with van der Waals surface area (Å²) in [6.45, 7) is 2.37. The number of ether oxygens (including phenoxy) is 1. The molecule has 1 N–H and O–H groups in total. The maximum atomic E-state index is 6.19. The van der Waals surface area contributed by atoms with Crippen LogP contribution in [0.4, 0.5) is 0 Å².